The average Bonchev–Trinajstić information content (AvgIpc) is 3.31. The van der Waals surface area contributed by atoms with Gasteiger partial charge in [-0.3, -0.25) is 9.59 Å². The van der Waals surface area contributed by atoms with E-state index in [0.717, 1.165) is 22.4 Å². The van der Waals surface area contributed by atoms with Crippen LogP contribution < -0.4 is 4.90 Å². The van der Waals surface area contributed by atoms with E-state index in [1.165, 1.54) is 23.9 Å². The van der Waals surface area contributed by atoms with Gasteiger partial charge in [0.2, 0.25) is 0 Å². The summed E-state index contributed by atoms with van der Waals surface area (Å²) < 4.78 is 13.8. The van der Waals surface area contributed by atoms with Gasteiger partial charge in [0.25, 0.3) is 11.8 Å². The number of nitrogens with zero attached hydrogens (tertiary/aromatic N) is 2. The van der Waals surface area contributed by atoms with Gasteiger partial charge >= 0.3 is 0 Å². The number of carbonyl (C=O) groups excluding carboxylic acids is 2. The summed E-state index contributed by atoms with van der Waals surface area (Å²) in [5.41, 5.74) is 5.00. The molecule has 6 heteroatoms. The van der Waals surface area contributed by atoms with Crippen LogP contribution in [0.15, 0.2) is 66.7 Å². The van der Waals surface area contributed by atoms with E-state index in [1.54, 1.807) is 15.9 Å². The topological polar surface area (TPSA) is 40.6 Å². The molecule has 0 radical (unpaired) electrons. The summed E-state index contributed by atoms with van der Waals surface area (Å²) in [6.07, 6.45) is 0. The van der Waals surface area contributed by atoms with Crippen molar-refractivity contribution in [2.75, 3.05) is 17.2 Å². The molecule has 3 aromatic carbocycles. The Morgan fingerprint density at radius 2 is 1.78 bits per heavy atom. The van der Waals surface area contributed by atoms with Crippen molar-refractivity contribution in [1.29, 1.82) is 0 Å². The fraction of sp³-hybridized carbons (Fsp3) is 0.231. The van der Waals surface area contributed by atoms with Crippen LogP contribution in [0.1, 0.15) is 32.6 Å². The molecule has 0 aliphatic carbocycles. The number of anilines is 1. The minimum Gasteiger partial charge on any atom is -0.311 e. The Bertz CT molecular complexity index is 1230. The highest BCUT2D eigenvalue weighted by atomic mass is 32.2. The van der Waals surface area contributed by atoms with Crippen LogP contribution in [0.5, 0.6) is 0 Å². The summed E-state index contributed by atoms with van der Waals surface area (Å²) in [4.78, 5) is 29.9. The lowest BCUT2D eigenvalue weighted by Gasteiger charge is -2.33. The lowest BCUT2D eigenvalue weighted by Crippen LogP contribution is -2.50. The average molecular weight is 447 g/mol. The van der Waals surface area contributed by atoms with Gasteiger partial charge in [-0.1, -0.05) is 47.5 Å². The maximum absolute atomic E-state index is 14.0. The first kappa shape index (κ1) is 20.8. The zero-order chi connectivity index (χ0) is 22.5. The number of halogens is 1. The molecule has 0 saturated carbocycles. The van der Waals surface area contributed by atoms with E-state index in [1.807, 2.05) is 62.4 Å². The van der Waals surface area contributed by atoms with Crippen molar-refractivity contribution in [3.63, 3.8) is 0 Å². The molecule has 0 aromatic heterocycles. The molecular weight excluding hydrogens is 423 g/mol. The summed E-state index contributed by atoms with van der Waals surface area (Å²) in [5, 5.41) is 0. The van der Waals surface area contributed by atoms with Crippen molar-refractivity contribution in [2.45, 2.75) is 25.3 Å². The van der Waals surface area contributed by atoms with Crippen LogP contribution in [0.4, 0.5) is 10.1 Å². The lowest BCUT2D eigenvalue weighted by atomic mass is 10.0. The molecule has 0 bridgehead atoms. The third-order valence-electron chi connectivity index (χ3n) is 6.12. The zero-order valence-corrected chi connectivity index (χ0v) is 18.8. The third-order valence-corrected chi connectivity index (χ3v) is 7.54. The summed E-state index contributed by atoms with van der Waals surface area (Å²) >= 11 is 1.50. The molecule has 1 saturated heterocycles. The predicted molar refractivity (Wildman–Crippen MR) is 125 cm³/mol. The van der Waals surface area contributed by atoms with E-state index < -0.39 is 4.87 Å². The Labute approximate surface area is 191 Å². The Kier molecular flexibility index (Phi) is 5.05. The summed E-state index contributed by atoms with van der Waals surface area (Å²) in [7, 11) is 0. The van der Waals surface area contributed by atoms with Gasteiger partial charge in [-0.05, 0) is 49.7 Å². The fourth-order valence-corrected chi connectivity index (χ4v) is 6.01. The molecule has 0 unspecified atom stereocenters. The predicted octanol–water partition coefficient (Wildman–Crippen LogP) is 5.03. The van der Waals surface area contributed by atoms with Gasteiger partial charge in [-0.25, -0.2) is 4.39 Å². The number of thioether (sulfide) groups is 1. The summed E-state index contributed by atoms with van der Waals surface area (Å²) in [6.45, 7) is 4.70. The minimum absolute atomic E-state index is 0.148. The van der Waals surface area contributed by atoms with Gasteiger partial charge in [0.1, 0.15) is 5.82 Å². The fourth-order valence-electron chi connectivity index (χ4n) is 4.56. The van der Waals surface area contributed by atoms with E-state index in [9.17, 15) is 14.0 Å². The van der Waals surface area contributed by atoms with Gasteiger partial charge in [0.15, 0.2) is 4.87 Å². The molecule has 1 fully saturated rings. The highest BCUT2D eigenvalue weighted by molar-refractivity contribution is 8.01. The van der Waals surface area contributed by atoms with Crippen molar-refractivity contribution in [3.05, 3.63) is 100 Å². The van der Waals surface area contributed by atoms with Crippen molar-refractivity contribution < 1.29 is 14.0 Å². The van der Waals surface area contributed by atoms with Crippen LogP contribution in [0, 0.1) is 19.7 Å². The quantitative estimate of drug-likeness (QED) is 0.567. The normalized spacial score (nSPS) is 19.7. The maximum Gasteiger partial charge on any atom is 0.268 e. The number of benzene rings is 3. The Hall–Kier alpha value is -3.12. The third kappa shape index (κ3) is 3.21. The van der Waals surface area contributed by atoms with E-state index in [2.05, 4.69) is 0 Å². The van der Waals surface area contributed by atoms with Crippen molar-refractivity contribution in [3.8, 4) is 0 Å². The summed E-state index contributed by atoms with van der Waals surface area (Å²) in [5.74, 6) is 0.0398. The van der Waals surface area contributed by atoms with Gasteiger partial charge < -0.3 is 9.80 Å². The monoisotopic (exact) mass is 446 g/mol. The van der Waals surface area contributed by atoms with Crippen LogP contribution >= 0.6 is 11.8 Å². The highest BCUT2D eigenvalue weighted by Gasteiger charge is 2.59. The lowest BCUT2D eigenvalue weighted by molar-refractivity contribution is -0.123. The number of hydrogen-bond donors (Lipinski definition) is 0. The van der Waals surface area contributed by atoms with Crippen molar-refractivity contribution in [2.24, 2.45) is 0 Å². The van der Waals surface area contributed by atoms with Gasteiger partial charge in [0.05, 0.1) is 12.2 Å². The van der Waals surface area contributed by atoms with E-state index in [0.29, 0.717) is 23.4 Å². The number of hydrogen-bond acceptors (Lipinski definition) is 3. The standard InChI is InChI=1S/C26H23FN2O2S/c1-17-6-9-20(10-7-17)24(30)29-12-13-32-26(29)22-14-18(2)8-11-23(22)28(25(26)31)16-19-4-3-5-21(27)15-19/h3-11,14-15H,12-13,16H2,1-2H3/t26-/m0/s1. The Balaban J connectivity index is 1.59. The van der Waals surface area contributed by atoms with E-state index in [-0.39, 0.29) is 24.2 Å². The molecule has 0 N–H and O–H groups in total. The largest absolute Gasteiger partial charge is 0.311 e. The Morgan fingerprint density at radius 3 is 2.53 bits per heavy atom. The highest BCUT2D eigenvalue weighted by Crippen LogP contribution is 2.55. The zero-order valence-electron chi connectivity index (χ0n) is 18.0. The molecule has 1 spiro atoms. The van der Waals surface area contributed by atoms with Crippen molar-refractivity contribution in [1.82, 2.24) is 4.90 Å². The van der Waals surface area contributed by atoms with Gasteiger partial charge in [-0.15, -0.1) is 11.8 Å². The van der Waals surface area contributed by atoms with Gasteiger partial charge in [-0.2, -0.15) is 0 Å². The molecule has 3 aromatic rings. The number of rotatable bonds is 3. The van der Waals surface area contributed by atoms with E-state index in [4.69, 9.17) is 0 Å². The van der Waals surface area contributed by atoms with Crippen LogP contribution in [-0.4, -0.2) is 29.0 Å². The molecule has 2 aliphatic rings. The Morgan fingerprint density at radius 1 is 1.03 bits per heavy atom. The molecule has 2 aliphatic heterocycles. The second-order valence-corrected chi connectivity index (χ2v) is 9.64. The molecule has 162 valence electrons. The first-order valence-corrected chi connectivity index (χ1v) is 11.6. The molecule has 32 heavy (non-hydrogen) atoms. The SMILES string of the molecule is Cc1ccc(C(=O)N2CCS[C@@]23C(=O)N(Cc2cccc(F)c2)c2ccc(C)cc23)cc1. The molecule has 2 heterocycles. The molecule has 2 amide bonds. The second-order valence-electron chi connectivity index (χ2n) is 8.36. The smallest absolute Gasteiger partial charge is 0.268 e. The number of amides is 2. The number of fused-ring (bicyclic) bond motifs is 2. The number of aryl methyl sites for hydroxylation is 2. The van der Waals surface area contributed by atoms with E-state index >= 15 is 0 Å². The first-order valence-electron chi connectivity index (χ1n) is 10.6. The molecule has 1 atom stereocenters. The van der Waals surface area contributed by atoms with Crippen LogP contribution in [0.25, 0.3) is 0 Å². The van der Waals surface area contributed by atoms with Crippen LogP contribution in [0.3, 0.4) is 0 Å². The maximum atomic E-state index is 14.0. The summed E-state index contributed by atoms with van der Waals surface area (Å²) in [6, 6.07) is 19.7. The molecule has 5 rings (SSSR count). The molecule has 4 nitrogen and oxygen atoms in total. The van der Waals surface area contributed by atoms with Crippen molar-refractivity contribution >= 4 is 29.3 Å². The van der Waals surface area contributed by atoms with Crippen LogP contribution in [0.2, 0.25) is 0 Å². The molecular formula is C26H23FN2O2S. The van der Waals surface area contributed by atoms with Crippen LogP contribution in [-0.2, 0) is 16.2 Å². The first-order chi connectivity index (χ1) is 15.4. The van der Waals surface area contributed by atoms with Gasteiger partial charge in [0, 0.05) is 23.4 Å². The number of carbonyl (C=O) groups is 2. The minimum atomic E-state index is -1.10. The second kappa shape index (κ2) is 7.78.